The van der Waals surface area contributed by atoms with Crippen LogP contribution in [0, 0.1) is 17.7 Å². The number of halogens is 1. The van der Waals surface area contributed by atoms with Gasteiger partial charge in [0.1, 0.15) is 5.82 Å². The molecule has 0 bridgehead atoms. The van der Waals surface area contributed by atoms with Crippen molar-refractivity contribution in [2.45, 2.75) is 77.0 Å². The number of aliphatic hydroxyl groups is 1. The van der Waals surface area contributed by atoms with Gasteiger partial charge in [-0.2, -0.15) is 0 Å². The summed E-state index contributed by atoms with van der Waals surface area (Å²) in [6.45, 7) is 6.29. The van der Waals surface area contributed by atoms with Crippen molar-refractivity contribution in [2.75, 3.05) is 19.8 Å². The van der Waals surface area contributed by atoms with E-state index in [1.54, 1.807) is 6.07 Å². The third kappa shape index (κ3) is 9.31. The van der Waals surface area contributed by atoms with Crippen LogP contribution in [0.2, 0.25) is 0 Å². The predicted molar refractivity (Wildman–Crippen MR) is 152 cm³/mol. The van der Waals surface area contributed by atoms with E-state index in [1.165, 1.54) is 24.8 Å². The molecular formula is C33H43FO5. The Morgan fingerprint density at radius 1 is 1.08 bits per heavy atom. The number of hydrogen-bond acceptors (Lipinski definition) is 5. The summed E-state index contributed by atoms with van der Waals surface area (Å²) in [7, 11) is 0. The predicted octanol–water partition coefficient (Wildman–Crippen LogP) is 7.16. The van der Waals surface area contributed by atoms with E-state index in [0.29, 0.717) is 43.3 Å². The molecule has 1 fully saturated rings. The van der Waals surface area contributed by atoms with Gasteiger partial charge in [0.2, 0.25) is 0 Å². The summed E-state index contributed by atoms with van der Waals surface area (Å²) in [4.78, 5) is 22.4. The van der Waals surface area contributed by atoms with Gasteiger partial charge in [-0.15, -0.1) is 0 Å². The Labute approximate surface area is 232 Å². The first kappa shape index (κ1) is 30.6. The number of unbranched alkanes of at least 4 members (excludes halogenated alkanes) is 2. The van der Waals surface area contributed by atoms with Crippen LogP contribution in [0.15, 0.2) is 54.6 Å². The molecule has 3 rings (SSSR count). The van der Waals surface area contributed by atoms with Crippen molar-refractivity contribution in [2.24, 2.45) is 11.8 Å². The molecule has 212 valence electrons. The van der Waals surface area contributed by atoms with Crippen molar-refractivity contribution in [1.82, 2.24) is 0 Å². The highest BCUT2D eigenvalue weighted by atomic mass is 19.1. The lowest BCUT2D eigenvalue weighted by atomic mass is 9.72. The van der Waals surface area contributed by atoms with Gasteiger partial charge in [-0.05, 0) is 91.9 Å². The number of carbonyl (C=O) groups is 2. The van der Waals surface area contributed by atoms with Gasteiger partial charge < -0.3 is 14.6 Å². The van der Waals surface area contributed by atoms with Crippen LogP contribution < -0.4 is 0 Å². The SMILES string of the molecule is C=C(CO)C(=O)OCCC(CCOC=O)C1CCC(c2ccc(-c3ccc(CCCCC)cc3)c(F)c2)CC1. The molecule has 39 heavy (non-hydrogen) atoms. The Bertz CT molecular complexity index is 1060. The number of rotatable bonds is 16. The lowest BCUT2D eigenvalue weighted by molar-refractivity contribution is -0.140. The van der Waals surface area contributed by atoms with Crippen LogP contribution in [0.1, 0.15) is 81.8 Å². The number of aryl methyl sites for hydroxylation is 1. The van der Waals surface area contributed by atoms with Crippen LogP contribution >= 0.6 is 0 Å². The summed E-state index contributed by atoms with van der Waals surface area (Å²) in [5, 5.41) is 9.04. The minimum absolute atomic E-state index is 0.0361. The molecule has 6 heteroatoms. The molecule has 1 N–H and O–H groups in total. The Morgan fingerprint density at radius 3 is 2.44 bits per heavy atom. The highest BCUT2D eigenvalue weighted by molar-refractivity contribution is 5.87. The van der Waals surface area contributed by atoms with Crippen molar-refractivity contribution in [3.8, 4) is 11.1 Å². The molecule has 2 aromatic carbocycles. The zero-order chi connectivity index (χ0) is 28.0. The second-order valence-corrected chi connectivity index (χ2v) is 10.7. The molecule has 2 aromatic rings. The molecule has 1 aliphatic carbocycles. The number of hydrogen-bond donors (Lipinski definition) is 1. The molecule has 0 aromatic heterocycles. The van der Waals surface area contributed by atoms with Gasteiger partial charge in [-0.25, -0.2) is 9.18 Å². The van der Waals surface area contributed by atoms with E-state index in [0.717, 1.165) is 43.2 Å². The van der Waals surface area contributed by atoms with Crippen LogP contribution in [0.25, 0.3) is 11.1 Å². The maximum Gasteiger partial charge on any atom is 0.335 e. The van der Waals surface area contributed by atoms with E-state index in [1.807, 2.05) is 18.2 Å². The normalized spacial score (nSPS) is 17.8. The van der Waals surface area contributed by atoms with E-state index >= 15 is 4.39 Å². The number of aliphatic hydroxyl groups excluding tert-OH is 1. The number of carbonyl (C=O) groups excluding carboxylic acids is 2. The summed E-state index contributed by atoms with van der Waals surface area (Å²) in [6, 6.07) is 14.0. The third-order valence-corrected chi connectivity index (χ3v) is 8.11. The third-order valence-electron chi connectivity index (χ3n) is 8.11. The van der Waals surface area contributed by atoms with Gasteiger partial charge in [0, 0.05) is 5.56 Å². The van der Waals surface area contributed by atoms with Crippen LogP contribution in [-0.4, -0.2) is 37.4 Å². The topological polar surface area (TPSA) is 72.8 Å². The van der Waals surface area contributed by atoms with E-state index in [2.05, 4.69) is 31.7 Å². The standard InChI is InChI=1S/C33H43FO5/c1-3-4-5-6-25-7-9-29(10-8-25)31-16-15-30(21-32(31)34)27-13-11-26(12-14-27)28(17-19-38-23-36)18-20-39-33(37)24(2)22-35/h7-10,15-16,21,23,26-28,35H,2-6,11-14,17-20,22H2,1H3. The van der Waals surface area contributed by atoms with Crippen LogP contribution in [0.4, 0.5) is 4.39 Å². The fourth-order valence-corrected chi connectivity index (χ4v) is 5.73. The maximum atomic E-state index is 15.2. The van der Waals surface area contributed by atoms with Gasteiger partial charge in [-0.1, -0.05) is 62.7 Å². The smallest absolute Gasteiger partial charge is 0.335 e. The van der Waals surface area contributed by atoms with Crippen molar-refractivity contribution in [1.29, 1.82) is 0 Å². The summed E-state index contributed by atoms with van der Waals surface area (Å²) >= 11 is 0. The van der Waals surface area contributed by atoms with Crippen molar-refractivity contribution < 1.29 is 28.6 Å². The molecule has 0 spiro atoms. The molecule has 0 saturated heterocycles. The van der Waals surface area contributed by atoms with Gasteiger partial charge in [0.05, 0.1) is 25.4 Å². The lowest BCUT2D eigenvalue weighted by Crippen LogP contribution is -2.24. The Morgan fingerprint density at radius 2 is 1.79 bits per heavy atom. The summed E-state index contributed by atoms with van der Waals surface area (Å²) in [5.74, 6) is 0.200. The van der Waals surface area contributed by atoms with Crippen LogP contribution in [0.5, 0.6) is 0 Å². The summed E-state index contributed by atoms with van der Waals surface area (Å²) < 4.78 is 25.4. The molecule has 0 heterocycles. The van der Waals surface area contributed by atoms with E-state index < -0.39 is 12.6 Å². The quantitative estimate of drug-likeness (QED) is 0.106. The van der Waals surface area contributed by atoms with E-state index in [9.17, 15) is 9.59 Å². The average Bonchev–Trinajstić information content (AvgIpc) is 2.96. The largest absolute Gasteiger partial charge is 0.468 e. The monoisotopic (exact) mass is 538 g/mol. The lowest BCUT2D eigenvalue weighted by Gasteiger charge is -2.34. The summed E-state index contributed by atoms with van der Waals surface area (Å²) in [6.07, 6.45) is 9.92. The molecule has 0 aliphatic heterocycles. The minimum Gasteiger partial charge on any atom is -0.468 e. The number of benzene rings is 2. The van der Waals surface area contributed by atoms with Gasteiger partial charge in [0.25, 0.3) is 6.47 Å². The molecule has 1 atom stereocenters. The Kier molecular flexibility index (Phi) is 12.7. The second-order valence-electron chi connectivity index (χ2n) is 10.7. The zero-order valence-corrected chi connectivity index (χ0v) is 23.2. The molecule has 1 saturated carbocycles. The Balaban J connectivity index is 1.56. The average molecular weight is 539 g/mol. The van der Waals surface area contributed by atoms with Crippen molar-refractivity contribution >= 4 is 12.4 Å². The molecule has 1 unspecified atom stereocenters. The van der Waals surface area contributed by atoms with Crippen LogP contribution in [0.3, 0.4) is 0 Å². The number of esters is 1. The van der Waals surface area contributed by atoms with Crippen molar-refractivity contribution in [3.63, 3.8) is 0 Å². The second kappa shape index (κ2) is 16.2. The van der Waals surface area contributed by atoms with Gasteiger partial charge >= 0.3 is 5.97 Å². The highest BCUT2D eigenvalue weighted by Gasteiger charge is 2.29. The molecule has 5 nitrogen and oxygen atoms in total. The summed E-state index contributed by atoms with van der Waals surface area (Å²) in [5.41, 5.74) is 3.93. The molecular weight excluding hydrogens is 495 g/mol. The van der Waals surface area contributed by atoms with Gasteiger partial charge in [-0.3, -0.25) is 4.79 Å². The Hall–Kier alpha value is -2.99. The van der Waals surface area contributed by atoms with Gasteiger partial charge in [0.15, 0.2) is 0 Å². The van der Waals surface area contributed by atoms with Crippen molar-refractivity contribution in [3.05, 3.63) is 71.6 Å². The molecule has 1 aliphatic rings. The van der Waals surface area contributed by atoms with E-state index in [4.69, 9.17) is 14.6 Å². The number of ether oxygens (including phenoxy) is 2. The zero-order valence-electron chi connectivity index (χ0n) is 23.2. The fourth-order valence-electron chi connectivity index (χ4n) is 5.73. The first-order valence-corrected chi connectivity index (χ1v) is 14.4. The maximum absolute atomic E-state index is 15.2. The first-order chi connectivity index (χ1) is 19.0. The minimum atomic E-state index is -0.586. The first-order valence-electron chi connectivity index (χ1n) is 14.4. The fraction of sp³-hybridized carbons (Fsp3) is 0.515. The molecule has 0 radical (unpaired) electrons. The van der Waals surface area contributed by atoms with E-state index in [-0.39, 0.29) is 23.9 Å². The highest BCUT2D eigenvalue weighted by Crippen LogP contribution is 2.41. The van der Waals surface area contributed by atoms with Crippen LogP contribution in [-0.2, 0) is 25.5 Å². The molecule has 0 amide bonds.